The van der Waals surface area contributed by atoms with Crippen LogP contribution in [0, 0.1) is 24.0 Å². The number of pyridine rings is 1. The lowest BCUT2D eigenvalue weighted by Crippen LogP contribution is -2.49. The number of halogens is 2. The smallest absolute Gasteiger partial charge is 0.300 e. The Morgan fingerprint density at radius 3 is 2.42 bits per heavy atom. The average molecular weight is 497 g/mol. The maximum Gasteiger partial charge on any atom is 0.300 e. The van der Waals surface area contributed by atoms with Crippen molar-refractivity contribution in [3.05, 3.63) is 47.2 Å². The van der Waals surface area contributed by atoms with Gasteiger partial charge in [0.05, 0.1) is 12.1 Å². The third-order valence-corrected chi connectivity index (χ3v) is 5.80. The van der Waals surface area contributed by atoms with Crippen molar-refractivity contribution in [2.75, 3.05) is 31.1 Å². The molecule has 1 fully saturated rings. The first-order chi connectivity index (χ1) is 17.1. The number of rotatable bonds is 4. The molecule has 0 aliphatic carbocycles. The van der Waals surface area contributed by atoms with Crippen LogP contribution in [0.25, 0.3) is 22.6 Å². The van der Waals surface area contributed by atoms with Crippen LogP contribution in [0.1, 0.15) is 36.8 Å². The molecule has 4 aromatic rings. The largest absolute Gasteiger partial charge is 0.422 e. The Morgan fingerprint density at radius 2 is 1.75 bits per heavy atom. The molecule has 12 heteroatoms. The Balaban J connectivity index is 1.28. The van der Waals surface area contributed by atoms with Gasteiger partial charge in [-0.3, -0.25) is 4.79 Å². The number of benzene rings is 1. The fourth-order valence-electron chi connectivity index (χ4n) is 4.07. The molecule has 1 aromatic carbocycles. The molecule has 0 saturated carbocycles. The molecular weight excluding hydrogens is 470 g/mol. The summed E-state index contributed by atoms with van der Waals surface area (Å²) in [4.78, 5) is 26.6. The van der Waals surface area contributed by atoms with Crippen LogP contribution in [0.2, 0.25) is 0 Å². The summed E-state index contributed by atoms with van der Waals surface area (Å²) in [5.74, 6) is -2.45. The van der Waals surface area contributed by atoms with E-state index in [0.29, 0.717) is 50.0 Å². The van der Waals surface area contributed by atoms with Crippen LogP contribution in [0.4, 0.5) is 14.8 Å². The molecule has 1 saturated heterocycles. The zero-order chi connectivity index (χ0) is 25.6. The van der Waals surface area contributed by atoms with E-state index in [9.17, 15) is 13.6 Å². The highest BCUT2D eigenvalue weighted by Crippen LogP contribution is 2.26. The minimum absolute atomic E-state index is 0.0779. The highest BCUT2D eigenvalue weighted by molar-refractivity contribution is 5.95. The minimum Gasteiger partial charge on any atom is -0.422 e. The topological polar surface area (TPSA) is 106 Å². The second-order valence-corrected chi connectivity index (χ2v) is 10.1. The van der Waals surface area contributed by atoms with Crippen LogP contribution in [-0.4, -0.2) is 67.2 Å². The molecule has 5 rings (SSSR count). The van der Waals surface area contributed by atoms with Crippen molar-refractivity contribution in [3.63, 3.8) is 0 Å². The second-order valence-electron chi connectivity index (χ2n) is 10.1. The summed E-state index contributed by atoms with van der Waals surface area (Å²) in [5, 5.41) is 11.8. The number of amides is 1. The van der Waals surface area contributed by atoms with Crippen molar-refractivity contribution in [3.8, 4) is 11.4 Å². The third-order valence-electron chi connectivity index (χ3n) is 5.80. The van der Waals surface area contributed by atoms with Gasteiger partial charge in [0, 0.05) is 37.4 Å². The number of hydrogen-bond donors (Lipinski definition) is 0. The molecule has 3 aromatic heterocycles. The Labute approximate surface area is 205 Å². The highest BCUT2D eigenvalue weighted by atomic mass is 19.1. The molecule has 0 unspecified atom stereocenters. The van der Waals surface area contributed by atoms with Gasteiger partial charge in [-0.1, -0.05) is 20.8 Å². The number of carbonyl (C=O) groups is 1. The van der Waals surface area contributed by atoms with E-state index < -0.39 is 23.1 Å². The molecule has 10 nitrogen and oxygen atoms in total. The molecule has 0 spiro atoms. The average Bonchev–Trinajstić information content (AvgIpc) is 3.43. The molecule has 1 aliphatic rings. The fraction of sp³-hybridized carbons (Fsp3) is 0.417. The lowest BCUT2D eigenvalue weighted by atomic mass is 9.97. The van der Waals surface area contributed by atoms with Crippen LogP contribution < -0.4 is 4.90 Å². The number of carbonyl (C=O) groups excluding carboxylic acids is 1. The normalized spacial score (nSPS) is 14.6. The van der Waals surface area contributed by atoms with Crippen molar-refractivity contribution in [1.82, 2.24) is 35.1 Å². The van der Waals surface area contributed by atoms with Crippen molar-refractivity contribution >= 4 is 23.2 Å². The SMILES string of the molecule is Cc1ccc2oc(N3CCN(C(=O)c4cc(F)c(-c5nnn(CC(C)(C)C)n5)c(F)c4)CC3)nc2n1. The Bertz CT molecular complexity index is 1410. The van der Waals surface area contributed by atoms with Crippen molar-refractivity contribution in [1.29, 1.82) is 0 Å². The predicted molar refractivity (Wildman–Crippen MR) is 127 cm³/mol. The van der Waals surface area contributed by atoms with E-state index in [1.165, 1.54) is 4.80 Å². The monoisotopic (exact) mass is 496 g/mol. The number of hydrogen-bond acceptors (Lipinski definition) is 8. The van der Waals surface area contributed by atoms with E-state index >= 15 is 0 Å². The Hall–Kier alpha value is -3.96. The van der Waals surface area contributed by atoms with E-state index in [4.69, 9.17) is 4.42 Å². The van der Waals surface area contributed by atoms with Crippen molar-refractivity contribution in [2.45, 2.75) is 34.2 Å². The molecule has 36 heavy (non-hydrogen) atoms. The lowest BCUT2D eigenvalue weighted by Gasteiger charge is -2.33. The number of aryl methyl sites for hydroxylation is 1. The Kier molecular flexibility index (Phi) is 5.89. The van der Waals surface area contributed by atoms with Gasteiger partial charge in [0.25, 0.3) is 11.9 Å². The van der Waals surface area contributed by atoms with Crippen LogP contribution in [-0.2, 0) is 6.54 Å². The number of aromatic nitrogens is 6. The first-order valence-corrected chi connectivity index (χ1v) is 11.6. The van der Waals surface area contributed by atoms with E-state index in [-0.39, 0.29) is 16.8 Å². The maximum atomic E-state index is 14.9. The number of nitrogens with zero attached hydrogens (tertiary/aromatic N) is 8. The molecule has 0 atom stereocenters. The minimum atomic E-state index is -0.915. The predicted octanol–water partition coefficient (Wildman–Crippen LogP) is 3.47. The van der Waals surface area contributed by atoms with E-state index in [1.54, 1.807) is 4.90 Å². The summed E-state index contributed by atoms with van der Waals surface area (Å²) in [6.07, 6.45) is 0. The van der Waals surface area contributed by atoms with Gasteiger partial charge in [-0.05, 0) is 41.8 Å². The molecule has 4 heterocycles. The zero-order valence-electron chi connectivity index (χ0n) is 20.5. The first-order valence-electron chi connectivity index (χ1n) is 11.6. The summed E-state index contributed by atoms with van der Waals surface area (Å²) >= 11 is 0. The van der Waals surface area contributed by atoms with Gasteiger partial charge in [-0.25, -0.2) is 13.8 Å². The maximum absolute atomic E-state index is 14.9. The molecule has 1 amide bonds. The molecular formula is C24H26F2N8O2. The number of piperazine rings is 1. The van der Waals surface area contributed by atoms with Gasteiger partial charge in [-0.2, -0.15) is 9.78 Å². The van der Waals surface area contributed by atoms with Crippen molar-refractivity contribution in [2.24, 2.45) is 5.41 Å². The zero-order valence-corrected chi connectivity index (χ0v) is 20.5. The number of tetrazole rings is 1. The second kappa shape index (κ2) is 8.92. The summed E-state index contributed by atoms with van der Waals surface area (Å²) < 4.78 is 35.6. The highest BCUT2D eigenvalue weighted by Gasteiger charge is 2.27. The van der Waals surface area contributed by atoms with Gasteiger partial charge < -0.3 is 14.2 Å². The lowest BCUT2D eigenvalue weighted by molar-refractivity contribution is 0.0744. The quantitative estimate of drug-likeness (QED) is 0.423. The summed E-state index contributed by atoms with van der Waals surface area (Å²) in [6, 6.07) is 6.14. The van der Waals surface area contributed by atoms with Crippen molar-refractivity contribution < 1.29 is 18.0 Å². The molecule has 0 N–H and O–H groups in total. The van der Waals surface area contributed by atoms with Gasteiger partial charge in [-0.15, -0.1) is 10.2 Å². The van der Waals surface area contributed by atoms with Gasteiger partial charge in [0.15, 0.2) is 5.58 Å². The number of anilines is 1. The summed E-state index contributed by atoms with van der Waals surface area (Å²) in [6.45, 7) is 9.89. The van der Waals surface area contributed by atoms with Crippen LogP contribution in [0.3, 0.4) is 0 Å². The van der Waals surface area contributed by atoms with E-state index in [2.05, 4.69) is 25.4 Å². The van der Waals surface area contributed by atoms with Crippen LogP contribution in [0.5, 0.6) is 0 Å². The van der Waals surface area contributed by atoms with E-state index in [1.807, 2.05) is 44.7 Å². The van der Waals surface area contributed by atoms with Crippen LogP contribution >= 0.6 is 0 Å². The van der Waals surface area contributed by atoms with Gasteiger partial charge in [0.1, 0.15) is 11.6 Å². The third kappa shape index (κ3) is 4.75. The summed E-state index contributed by atoms with van der Waals surface area (Å²) in [7, 11) is 0. The molecule has 188 valence electrons. The number of oxazole rings is 1. The van der Waals surface area contributed by atoms with Gasteiger partial charge >= 0.3 is 0 Å². The fourth-order valence-corrected chi connectivity index (χ4v) is 4.07. The van der Waals surface area contributed by atoms with E-state index in [0.717, 1.165) is 17.8 Å². The molecule has 0 radical (unpaired) electrons. The number of fused-ring (bicyclic) bond motifs is 1. The summed E-state index contributed by atoms with van der Waals surface area (Å²) in [5.41, 5.74) is 1.34. The molecule has 0 bridgehead atoms. The standard InChI is InChI=1S/C24H26F2N8O2/c1-14-5-6-18-20(27-14)28-23(36-18)33-9-7-32(8-10-33)22(35)15-11-16(25)19(17(26)12-15)21-29-31-34(30-21)13-24(2,3)4/h5-6,11-12H,7-10,13H2,1-4H3. The Morgan fingerprint density at radius 1 is 1.06 bits per heavy atom. The van der Waals surface area contributed by atoms with Crippen LogP contribution in [0.15, 0.2) is 28.7 Å². The van der Waals surface area contributed by atoms with Gasteiger partial charge in [0.2, 0.25) is 11.5 Å². The first kappa shape index (κ1) is 23.8. The molecule has 1 aliphatic heterocycles.